The molecule has 0 aliphatic heterocycles. The Balaban J connectivity index is 3.29. The van der Waals surface area contributed by atoms with Crippen LogP contribution in [0.3, 0.4) is 0 Å². The van der Waals surface area contributed by atoms with Gasteiger partial charge in [0.15, 0.2) is 0 Å². The van der Waals surface area contributed by atoms with Crippen LogP contribution in [0.4, 0.5) is 0 Å². The van der Waals surface area contributed by atoms with Gasteiger partial charge in [-0.05, 0) is 27.9 Å². The molecule has 0 bridgehead atoms. The van der Waals surface area contributed by atoms with Crippen LogP contribution in [-0.2, 0) is 6.54 Å². The quantitative estimate of drug-likeness (QED) is 0.833. The van der Waals surface area contributed by atoms with Crippen LogP contribution in [0.5, 0.6) is 0 Å². The highest BCUT2D eigenvalue weighted by atomic mass is 79.9. The van der Waals surface area contributed by atoms with Gasteiger partial charge in [-0.1, -0.05) is 13.8 Å². The van der Waals surface area contributed by atoms with Crippen molar-refractivity contribution in [1.82, 2.24) is 4.98 Å². The first-order valence-corrected chi connectivity index (χ1v) is 4.97. The smallest absolute Gasteiger partial charge is 0.252 e. The molecule has 3 nitrogen and oxygen atoms in total. The first-order chi connectivity index (χ1) is 6.06. The normalized spacial score (nSPS) is 10.8. The molecule has 0 aromatic carbocycles. The number of rotatable bonds is 2. The third kappa shape index (κ3) is 2.19. The number of H-pyrrole nitrogens is 1. The summed E-state index contributed by atoms with van der Waals surface area (Å²) in [6, 6.07) is 1.79. The highest BCUT2D eigenvalue weighted by molar-refractivity contribution is 9.10. The summed E-state index contributed by atoms with van der Waals surface area (Å²) in [5.74, 6) is 0.300. The number of nitrogens with one attached hydrogen (secondary N) is 1. The van der Waals surface area contributed by atoms with E-state index in [4.69, 9.17) is 5.73 Å². The summed E-state index contributed by atoms with van der Waals surface area (Å²) in [7, 11) is 0. The Labute approximate surface area is 85.5 Å². The first-order valence-electron chi connectivity index (χ1n) is 4.18. The summed E-state index contributed by atoms with van der Waals surface area (Å²) in [5.41, 5.74) is 6.84. The highest BCUT2D eigenvalue weighted by Crippen LogP contribution is 2.21. The zero-order valence-electron chi connectivity index (χ0n) is 7.73. The average Bonchev–Trinajstić information content (AvgIpc) is 2.07. The summed E-state index contributed by atoms with van der Waals surface area (Å²) in [6.45, 7) is 4.32. The zero-order chi connectivity index (χ0) is 10.0. The molecule has 0 aliphatic rings. The fourth-order valence-corrected chi connectivity index (χ4v) is 1.96. The lowest BCUT2D eigenvalue weighted by atomic mass is 10.1. The molecule has 0 atom stereocenters. The molecule has 1 aromatic heterocycles. The number of nitrogens with two attached hydrogens (primary N) is 1. The molecule has 0 saturated carbocycles. The molecule has 1 rings (SSSR count). The second-order valence-corrected chi connectivity index (χ2v) is 4.10. The minimum atomic E-state index is -0.0885. The van der Waals surface area contributed by atoms with Gasteiger partial charge in [0.2, 0.25) is 0 Å². The molecule has 0 spiro atoms. The number of hydrogen-bond donors (Lipinski definition) is 2. The van der Waals surface area contributed by atoms with Crippen molar-refractivity contribution in [1.29, 1.82) is 0 Å². The maximum Gasteiger partial charge on any atom is 0.252 e. The van der Waals surface area contributed by atoms with Crippen LogP contribution in [-0.4, -0.2) is 4.98 Å². The van der Waals surface area contributed by atoms with E-state index in [0.29, 0.717) is 11.5 Å². The molecule has 13 heavy (non-hydrogen) atoms. The van der Waals surface area contributed by atoms with Crippen LogP contribution in [0.15, 0.2) is 15.3 Å². The lowest BCUT2D eigenvalue weighted by Gasteiger charge is -2.08. The van der Waals surface area contributed by atoms with Crippen molar-refractivity contribution in [2.24, 2.45) is 5.73 Å². The summed E-state index contributed by atoms with van der Waals surface area (Å²) in [4.78, 5) is 14.2. The van der Waals surface area contributed by atoms with Gasteiger partial charge in [-0.3, -0.25) is 4.79 Å². The summed E-state index contributed by atoms with van der Waals surface area (Å²) >= 11 is 3.40. The molecular formula is C9H13BrN2O. The number of aromatic nitrogens is 1. The van der Waals surface area contributed by atoms with E-state index in [1.54, 1.807) is 6.07 Å². The minimum absolute atomic E-state index is 0.0885. The summed E-state index contributed by atoms with van der Waals surface area (Å²) in [5, 5.41) is 0. The second kappa shape index (κ2) is 4.07. The van der Waals surface area contributed by atoms with Gasteiger partial charge in [0.1, 0.15) is 0 Å². The molecule has 1 heterocycles. The maximum atomic E-state index is 11.4. The number of halogens is 1. The van der Waals surface area contributed by atoms with Gasteiger partial charge in [-0.25, -0.2) is 0 Å². The van der Waals surface area contributed by atoms with Crippen LogP contribution < -0.4 is 11.3 Å². The van der Waals surface area contributed by atoms with E-state index >= 15 is 0 Å². The fraction of sp³-hybridized carbons (Fsp3) is 0.444. The Hall–Kier alpha value is -0.610. The van der Waals surface area contributed by atoms with Crippen molar-refractivity contribution in [3.8, 4) is 0 Å². The highest BCUT2D eigenvalue weighted by Gasteiger charge is 2.08. The van der Waals surface area contributed by atoms with Crippen molar-refractivity contribution in [2.45, 2.75) is 26.3 Å². The predicted octanol–water partition coefficient (Wildman–Crippen LogP) is 1.72. The molecule has 3 N–H and O–H groups in total. The monoisotopic (exact) mass is 244 g/mol. The van der Waals surface area contributed by atoms with Gasteiger partial charge in [0.05, 0.1) is 0 Å². The molecule has 72 valence electrons. The largest absolute Gasteiger partial charge is 0.326 e. The van der Waals surface area contributed by atoms with Crippen LogP contribution in [0.2, 0.25) is 0 Å². The van der Waals surface area contributed by atoms with Crippen LogP contribution in [0.1, 0.15) is 31.0 Å². The zero-order valence-corrected chi connectivity index (χ0v) is 9.31. The van der Waals surface area contributed by atoms with E-state index in [1.165, 1.54) is 0 Å². The third-order valence-corrected chi connectivity index (χ3v) is 2.55. The van der Waals surface area contributed by atoms with E-state index in [9.17, 15) is 4.79 Å². The number of aromatic amines is 1. The predicted molar refractivity (Wildman–Crippen MR) is 56.7 cm³/mol. The molecule has 0 unspecified atom stereocenters. The molecule has 0 aliphatic carbocycles. The number of pyridine rings is 1. The second-order valence-electron chi connectivity index (χ2n) is 3.24. The van der Waals surface area contributed by atoms with Gasteiger partial charge in [0.25, 0.3) is 5.56 Å². The SMILES string of the molecule is CC(C)c1[nH]c(=O)c(CN)cc1Br. The van der Waals surface area contributed by atoms with Gasteiger partial charge in [-0.15, -0.1) is 0 Å². The van der Waals surface area contributed by atoms with Gasteiger partial charge >= 0.3 is 0 Å². The van der Waals surface area contributed by atoms with E-state index in [1.807, 2.05) is 13.8 Å². The van der Waals surface area contributed by atoms with Gasteiger partial charge in [-0.2, -0.15) is 0 Å². The van der Waals surface area contributed by atoms with Crippen molar-refractivity contribution in [2.75, 3.05) is 0 Å². The molecule has 0 radical (unpaired) electrons. The first kappa shape index (κ1) is 10.5. The van der Waals surface area contributed by atoms with Crippen LogP contribution in [0.25, 0.3) is 0 Å². The average molecular weight is 245 g/mol. The summed E-state index contributed by atoms with van der Waals surface area (Å²) < 4.78 is 0.919. The lowest BCUT2D eigenvalue weighted by Crippen LogP contribution is -2.18. The van der Waals surface area contributed by atoms with E-state index in [0.717, 1.165) is 10.2 Å². The molecule has 1 aromatic rings. The molecule has 0 saturated heterocycles. The molecular weight excluding hydrogens is 232 g/mol. The Morgan fingerprint density at radius 3 is 2.69 bits per heavy atom. The van der Waals surface area contributed by atoms with Crippen molar-refractivity contribution < 1.29 is 0 Å². The van der Waals surface area contributed by atoms with E-state index < -0.39 is 0 Å². The van der Waals surface area contributed by atoms with Crippen molar-refractivity contribution in [3.63, 3.8) is 0 Å². The Kier molecular flexibility index (Phi) is 3.27. The Bertz CT molecular complexity index is 357. The van der Waals surface area contributed by atoms with E-state index in [2.05, 4.69) is 20.9 Å². The lowest BCUT2D eigenvalue weighted by molar-refractivity contribution is 0.801. The van der Waals surface area contributed by atoms with Crippen molar-refractivity contribution >= 4 is 15.9 Å². The number of hydrogen-bond acceptors (Lipinski definition) is 2. The summed E-state index contributed by atoms with van der Waals surface area (Å²) in [6.07, 6.45) is 0. The van der Waals surface area contributed by atoms with Gasteiger partial charge in [0, 0.05) is 22.3 Å². The van der Waals surface area contributed by atoms with E-state index in [-0.39, 0.29) is 12.1 Å². The molecule has 4 heteroatoms. The van der Waals surface area contributed by atoms with Gasteiger partial charge < -0.3 is 10.7 Å². The Morgan fingerprint density at radius 1 is 1.62 bits per heavy atom. The van der Waals surface area contributed by atoms with Crippen LogP contribution >= 0.6 is 15.9 Å². The van der Waals surface area contributed by atoms with Crippen molar-refractivity contribution in [3.05, 3.63) is 32.2 Å². The topological polar surface area (TPSA) is 58.9 Å². The maximum absolute atomic E-state index is 11.4. The third-order valence-electron chi connectivity index (χ3n) is 1.90. The van der Waals surface area contributed by atoms with Crippen LogP contribution in [0, 0.1) is 0 Å². The molecule has 0 fully saturated rings. The fourth-order valence-electron chi connectivity index (χ4n) is 1.13. The minimum Gasteiger partial charge on any atom is -0.326 e. The standard InChI is InChI=1S/C9H13BrN2O/c1-5(2)8-7(10)3-6(4-11)9(13)12-8/h3,5H,4,11H2,1-2H3,(H,12,13). The molecule has 0 amide bonds. The Morgan fingerprint density at radius 2 is 2.23 bits per heavy atom.